The summed E-state index contributed by atoms with van der Waals surface area (Å²) in [6, 6.07) is 0. The molecule has 0 radical (unpaired) electrons. The zero-order valence-corrected chi connectivity index (χ0v) is 40.0. The molecule has 0 saturated heterocycles. The summed E-state index contributed by atoms with van der Waals surface area (Å²) in [5.41, 5.74) is 0. The van der Waals surface area contributed by atoms with Crippen molar-refractivity contribution in [3.63, 3.8) is 0 Å². The highest BCUT2D eigenvalue weighted by Gasteiger charge is 2.19. The Morgan fingerprint density at radius 1 is 0.328 bits per heavy atom. The molecule has 0 heterocycles. The molecule has 0 saturated carbocycles. The van der Waals surface area contributed by atoms with E-state index in [0.717, 1.165) is 83.5 Å². The first-order valence-corrected chi connectivity index (χ1v) is 24.3. The number of carbonyl (C=O) groups is 3. The molecule has 0 N–H and O–H groups in total. The van der Waals surface area contributed by atoms with Gasteiger partial charge in [0.2, 0.25) is 0 Å². The van der Waals surface area contributed by atoms with Crippen LogP contribution in [0.15, 0.2) is 170 Å². The first-order chi connectivity index (χ1) is 31.5. The van der Waals surface area contributed by atoms with Crippen LogP contribution in [0.5, 0.6) is 0 Å². The molecule has 0 rings (SSSR count). The van der Waals surface area contributed by atoms with Crippen molar-refractivity contribution in [2.45, 2.75) is 162 Å². The quantitative estimate of drug-likeness (QED) is 0.0264. The number of unbranched alkanes of at least 4 members (excludes halogenated alkanes) is 12. The molecule has 64 heavy (non-hydrogen) atoms. The molecule has 0 aliphatic carbocycles. The summed E-state index contributed by atoms with van der Waals surface area (Å²) in [6.07, 6.45) is 74.8. The standard InChI is InChI=1S/C58H84O6/c1-4-7-10-13-16-19-22-25-27-28-29-31-33-36-39-42-45-48-51-57(60)63-54-55(53-62-56(59)50-47-44-41-38-35-32-24-21-18-15-12-9-6-3)64-58(61)52-49-46-43-40-37-34-30-26-23-20-17-14-11-8-5-2/h8-9,11-12,14-32,34-35,37-38,41,55H,4-7,10,13,33,36,39-40,42-54H2,1-3H3/b11-8-,12-9-,17-14-,18-15-,19-16-,23-20-,24-21-,25-22-,28-27-,30-26-,31-29-,35-32-,37-34-,41-38-. The molecule has 1 atom stereocenters. The fourth-order valence-corrected chi connectivity index (χ4v) is 5.68. The van der Waals surface area contributed by atoms with Crippen LogP contribution in [-0.2, 0) is 28.6 Å². The van der Waals surface area contributed by atoms with Gasteiger partial charge in [0.1, 0.15) is 13.2 Å². The summed E-state index contributed by atoms with van der Waals surface area (Å²) in [4.78, 5) is 37.9. The maximum absolute atomic E-state index is 12.8. The van der Waals surface area contributed by atoms with E-state index in [1.165, 1.54) is 19.3 Å². The van der Waals surface area contributed by atoms with Gasteiger partial charge in [-0.3, -0.25) is 14.4 Å². The highest BCUT2D eigenvalue weighted by atomic mass is 16.6. The summed E-state index contributed by atoms with van der Waals surface area (Å²) in [5.74, 6) is -1.10. The predicted octanol–water partition coefficient (Wildman–Crippen LogP) is 16.0. The van der Waals surface area contributed by atoms with Crippen molar-refractivity contribution in [3.8, 4) is 0 Å². The van der Waals surface area contributed by atoms with Crippen LogP contribution in [0.1, 0.15) is 156 Å². The zero-order valence-electron chi connectivity index (χ0n) is 40.0. The molecule has 6 heteroatoms. The minimum Gasteiger partial charge on any atom is -0.462 e. The van der Waals surface area contributed by atoms with Gasteiger partial charge in [0.15, 0.2) is 6.10 Å². The summed E-state index contributed by atoms with van der Waals surface area (Å²) in [5, 5.41) is 0. The fraction of sp³-hybridized carbons (Fsp3) is 0.466. The Kier molecular flexibility index (Phi) is 46.3. The Morgan fingerprint density at radius 3 is 1.03 bits per heavy atom. The van der Waals surface area contributed by atoms with Crippen LogP contribution in [-0.4, -0.2) is 37.2 Å². The lowest BCUT2D eigenvalue weighted by molar-refractivity contribution is -0.167. The number of ether oxygens (including phenoxy) is 3. The fourth-order valence-electron chi connectivity index (χ4n) is 5.68. The van der Waals surface area contributed by atoms with Crippen molar-refractivity contribution in [2.24, 2.45) is 0 Å². The largest absolute Gasteiger partial charge is 0.462 e. The van der Waals surface area contributed by atoms with Gasteiger partial charge in [0.05, 0.1) is 0 Å². The third-order valence-corrected chi connectivity index (χ3v) is 9.29. The second kappa shape index (κ2) is 50.4. The molecule has 0 aliphatic heterocycles. The summed E-state index contributed by atoms with van der Waals surface area (Å²) in [6.45, 7) is 6.14. The van der Waals surface area contributed by atoms with Crippen LogP contribution < -0.4 is 0 Å². The van der Waals surface area contributed by atoms with E-state index >= 15 is 0 Å². The van der Waals surface area contributed by atoms with Gasteiger partial charge in [-0.05, 0) is 77.0 Å². The number of esters is 3. The van der Waals surface area contributed by atoms with Crippen LogP contribution in [0, 0.1) is 0 Å². The molecule has 1 unspecified atom stereocenters. The summed E-state index contributed by atoms with van der Waals surface area (Å²) in [7, 11) is 0. The van der Waals surface area contributed by atoms with Gasteiger partial charge < -0.3 is 14.2 Å². The lowest BCUT2D eigenvalue weighted by Gasteiger charge is -2.18. The molecule has 0 spiro atoms. The lowest BCUT2D eigenvalue weighted by atomic mass is 10.1. The van der Waals surface area contributed by atoms with E-state index in [-0.39, 0.29) is 44.0 Å². The Balaban J connectivity index is 4.66. The maximum Gasteiger partial charge on any atom is 0.306 e. The van der Waals surface area contributed by atoms with Crippen molar-refractivity contribution in [3.05, 3.63) is 170 Å². The zero-order chi connectivity index (χ0) is 46.5. The molecule has 0 bridgehead atoms. The Bertz CT molecular complexity index is 1570. The second-order valence-corrected chi connectivity index (χ2v) is 15.2. The highest BCUT2D eigenvalue weighted by molar-refractivity contribution is 5.71. The van der Waals surface area contributed by atoms with Crippen LogP contribution in [0.4, 0.5) is 0 Å². The lowest BCUT2D eigenvalue weighted by Crippen LogP contribution is -2.30. The predicted molar refractivity (Wildman–Crippen MR) is 274 cm³/mol. The van der Waals surface area contributed by atoms with E-state index in [1.807, 2.05) is 109 Å². The normalized spacial score (nSPS) is 13.6. The minimum atomic E-state index is -0.848. The van der Waals surface area contributed by atoms with E-state index in [9.17, 15) is 14.4 Å². The number of hydrogen-bond donors (Lipinski definition) is 0. The van der Waals surface area contributed by atoms with Crippen LogP contribution in [0.3, 0.4) is 0 Å². The molecule has 0 aromatic heterocycles. The van der Waals surface area contributed by atoms with E-state index < -0.39 is 6.10 Å². The summed E-state index contributed by atoms with van der Waals surface area (Å²) >= 11 is 0. The van der Waals surface area contributed by atoms with Gasteiger partial charge >= 0.3 is 17.9 Å². The molecule has 352 valence electrons. The molecule has 6 nitrogen and oxygen atoms in total. The molecular weight excluding hydrogens is 793 g/mol. The first-order valence-electron chi connectivity index (χ1n) is 24.3. The minimum absolute atomic E-state index is 0.140. The summed E-state index contributed by atoms with van der Waals surface area (Å²) < 4.78 is 16.6. The molecule has 0 aliphatic rings. The van der Waals surface area contributed by atoms with Gasteiger partial charge in [0, 0.05) is 19.3 Å². The Labute approximate surface area is 390 Å². The average molecular weight is 877 g/mol. The molecule has 0 fully saturated rings. The second-order valence-electron chi connectivity index (χ2n) is 15.2. The smallest absolute Gasteiger partial charge is 0.306 e. The van der Waals surface area contributed by atoms with E-state index in [0.29, 0.717) is 19.3 Å². The van der Waals surface area contributed by atoms with Gasteiger partial charge in [-0.15, -0.1) is 0 Å². The third-order valence-electron chi connectivity index (χ3n) is 9.29. The highest BCUT2D eigenvalue weighted by Crippen LogP contribution is 2.11. The van der Waals surface area contributed by atoms with Crippen molar-refractivity contribution >= 4 is 17.9 Å². The number of rotatable bonds is 40. The van der Waals surface area contributed by atoms with E-state index in [4.69, 9.17) is 14.2 Å². The van der Waals surface area contributed by atoms with Crippen LogP contribution in [0.25, 0.3) is 0 Å². The van der Waals surface area contributed by atoms with Gasteiger partial charge in [-0.1, -0.05) is 229 Å². The van der Waals surface area contributed by atoms with Gasteiger partial charge in [-0.25, -0.2) is 0 Å². The Hall–Kier alpha value is -5.23. The number of allylic oxidation sites excluding steroid dienone is 28. The van der Waals surface area contributed by atoms with Crippen LogP contribution in [0.2, 0.25) is 0 Å². The molecule has 0 aromatic carbocycles. The monoisotopic (exact) mass is 877 g/mol. The van der Waals surface area contributed by atoms with Gasteiger partial charge in [0.25, 0.3) is 0 Å². The van der Waals surface area contributed by atoms with E-state index in [2.05, 4.69) is 81.5 Å². The number of hydrogen-bond acceptors (Lipinski definition) is 6. The number of carbonyl (C=O) groups excluding carboxylic acids is 3. The third kappa shape index (κ3) is 47.8. The molecular formula is C58H84O6. The van der Waals surface area contributed by atoms with E-state index in [1.54, 1.807) is 0 Å². The first kappa shape index (κ1) is 58.8. The van der Waals surface area contributed by atoms with Crippen molar-refractivity contribution in [1.29, 1.82) is 0 Å². The van der Waals surface area contributed by atoms with Gasteiger partial charge in [-0.2, -0.15) is 0 Å². The molecule has 0 aromatic rings. The topological polar surface area (TPSA) is 78.9 Å². The molecule has 0 amide bonds. The van der Waals surface area contributed by atoms with Crippen molar-refractivity contribution in [1.82, 2.24) is 0 Å². The van der Waals surface area contributed by atoms with Crippen molar-refractivity contribution < 1.29 is 28.6 Å². The van der Waals surface area contributed by atoms with Crippen molar-refractivity contribution in [2.75, 3.05) is 13.2 Å². The maximum atomic E-state index is 12.8. The SMILES string of the molecule is CC\C=C/C=C\C=C/C=C\C=C/CCCCCC(=O)OC(COC(=O)CCC\C=C/C=C\C=C/C=C\C=C/CC)COC(=O)CCCCCCC\C=C/C=C\C=C/C=C\CCCCC. The van der Waals surface area contributed by atoms with Crippen LogP contribution >= 0.6 is 0 Å². The average Bonchev–Trinajstić information content (AvgIpc) is 3.29. The Morgan fingerprint density at radius 2 is 0.625 bits per heavy atom.